The lowest BCUT2D eigenvalue weighted by molar-refractivity contribution is 0.195. The van der Waals surface area contributed by atoms with Gasteiger partial charge in [0.25, 0.3) is 0 Å². The fraction of sp³-hybridized carbons (Fsp3) is 0.800. The molecule has 0 bridgehead atoms. The van der Waals surface area contributed by atoms with E-state index < -0.39 is 0 Å². The standard InChI is InChI=1S/C10H18N2S/c1-2-3-4-5-6-11-7-9-12(13)10-8-11/h1,13H,3-10H2. The summed E-state index contributed by atoms with van der Waals surface area (Å²) >= 11 is 4.31. The molecule has 0 spiro atoms. The van der Waals surface area contributed by atoms with Crippen molar-refractivity contribution in [2.45, 2.75) is 19.3 Å². The molecule has 1 rings (SSSR count). The molecule has 1 aliphatic heterocycles. The van der Waals surface area contributed by atoms with E-state index in [1.54, 1.807) is 0 Å². The number of hydrogen-bond acceptors (Lipinski definition) is 3. The Balaban J connectivity index is 2.00. The lowest BCUT2D eigenvalue weighted by atomic mass is 10.2. The summed E-state index contributed by atoms with van der Waals surface area (Å²) in [6.07, 6.45) is 8.51. The van der Waals surface area contributed by atoms with Crippen LogP contribution in [0.15, 0.2) is 0 Å². The van der Waals surface area contributed by atoms with Gasteiger partial charge in [0.2, 0.25) is 0 Å². The molecule has 0 saturated carbocycles. The molecule has 0 atom stereocenters. The van der Waals surface area contributed by atoms with Gasteiger partial charge in [-0.05, 0) is 19.4 Å². The zero-order valence-electron chi connectivity index (χ0n) is 8.08. The Morgan fingerprint density at radius 2 is 1.85 bits per heavy atom. The summed E-state index contributed by atoms with van der Waals surface area (Å²) < 4.78 is 2.08. The molecule has 0 N–H and O–H groups in total. The first-order valence-electron chi connectivity index (χ1n) is 4.92. The van der Waals surface area contributed by atoms with E-state index in [1.807, 2.05) is 0 Å². The number of thiol groups is 1. The highest BCUT2D eigenvalue weighted by Gasteiger charge is 2.12. The van der Waals surface area contributed by atoms with Crippen LogP contribution in [-0.2, 0) is 0 Å². The molecule has 0 radical (unpaired) electrons. The minimum atomic E-state index is 0.923. The van der Waals surface area contributed by atoms with Crippen molar-refractivity contribution in [1.29, 1.82) is 0 Å². The Hall–Kier alpha value is -0.170. The molecule has 3 heteroatoms. The zero-order chi connectivity index (χ0) is 9.52. The quantitative estimate of drug-likeness (QED) is 0.413. The van der Waals surface area contributed by atoms with E-state index in [2.05, 4.69) is 27.9 Å². The third-order valence-electron chi connectivity index (χ3n) is 2.39. The number of terminal acetylenes is 1. The van der Waals surface area contributed by atoms with Gasteiger partial charge in [-0.1, -0.05) is 12.8 Å². The molecule has 0 amide bonds. The predicted molar refractivity (Wildman–Crippen MR) is 59.7 cm³/mol. The molecule has 13 heavy (non-hydrogen) atoms. The lowest BCUT2D eigenvalue weighted by Gasteiger charge is -2.31. The van der Waals surface area contributed by atoms with E-state index in [4.69, 9.17) is 6.42 Å². The molecule has 0 unspecified atom stereocenters. The SMILES string of the molecule is C#CCCCCN1CCN(S)CC1. The van der Waals surface area contributed by atoms with Crippen LogP contribution in [0.1, 0.15) is 19.3 Å². The van der Waals surface area contributed by atoms with Gasteiger partial charge in [0, 0.05) is 32.6 Å². The molecule has 1 fully saturated rings. The van der Waals surface area contributed by atoms with Crippen LogP contribution >= 0.6 is 12.8 Å². The Labute approximate surface area is 86.8 Å². The third kappa shape index (κ3) is 4.56. The zero-order valence-corrected chi connectivity index (χ0v) is 8.97. The van der Waals surface area contributed by atoms with Crippen LogP contribution in [0.25, 0.3) is 0 Å². The minimum Gasteiger partial charge on any atom is -0.301 e. The summed E-state index contributed by atoms with van der Waals surface area (Å²) in [6, 6.07) is 0. The van der Waals surface area contributed by atoms with Crippen molar-refractivity contribution in [2.24, 2.45) is 0 Å². The Kier molecular flexibility index (Phi) is 5.29. The van der Waals surface area contributed by atoms with Crippen molar-refractivity contribution in [3.63, 3.8) is 0 Å². The summed E-state index contributed by atoms with van der Waals surface area (Å²) in [5, 5.41) is 0. The molecule has 1 aliphatic rings. The third-order valence-corrected chi connectivity index (χ3v) is 2.79. The maximum atomic E-state index is 5.19. The van der Waals surface area contributed by atoms with E-state index in [9.17, 15) is 0 Å². The van der Waals surface area contributed by atoms with Crippen LogP contribution < -0.4 is 0 Å². The smallest absolute Gasteiger partial charge is 0.0215 e. The van der Waals surface area contributed by atoms with E-state index >= 15 is 0 Å². The predicted octanol–water partition coefficient (Wildman–Crippen LogP) is 1.25. The molecule has 1 saturated heterocycles. The molecule has 0 aliphatic carbocycles. The Bertz CT molecular complexity index is 168. The van der Waals surface area contributed by atoms with E-state index in [0.29, 0.717) is 0 Å². The Morgan fingerprint density at radius 3 is 2.46 bits per heavy atom. The summed E-state index contributed by atoms with van der Waals surface area (Å²) in [6.45, 7) is 5.67. The molecular formula is C10H18N2S. The van der Waals surface area contributed by atoms with Crippen LogP contribution in [-0.4, -0.2) is 41.9 Å². The van der Waals surface area contributed by atoms with Crippen LogP contribution in [0.4, 0.5) is 0 Å². The lowest BCUT2D eigenvalue weighted by Crippen LogP contribution is -2.42. The second-order valence-electron chi connectivity index (χ2n) is 3.46. The molecule has 0 aromatic carbocycles. The number of hydrogen-bond donors (Lipinski definition) is 1. The largest absolute Gasteiger partial charge is 0.301 e. The van der Waals surface area contributed by atoms with Crippen molar-refractivity contribution in [1.82, 2.24) is 9.21 Å². The second kappa shape index (κ2) is 6.31. The highest BCUT2D eigenvalue weighted by molar-refractivity contribution is 7.77. The first kappa shape index (κ1) is 10.9. The fourth-order valence-corrected chi connectivity index (χ4v) is 1.70. The van der Waals surface area contributed by atoms with Crippen LogP contribution in [0, 0.1) is 12.3 Å². The van der Waals surface area contributed by atoms with Gasteiger partial charge in [-0.15, -0.1) is 12.3 Å². The van der Waals surface area contributed by atoms with Gasteiger partial charge >= 0.3 is 0 Å². The maximum Gasteiger partial charge on any atom is 0.0215 e. The van der Waals surface area contributed by atoms with E-state index in [-0.39, 0.29) is 0 Å². The summed E-state index contributed by atoms with van der Waals surface area (Å²) in [5.41, 5.74) is 0. The van der Waals surface area contributed by atoms with Crippen LogP contribution in [0.2, 0.25) is 0 Å². The Morgan fingerprint density at radius 1 is 1.15 bits per heavy atom. The number of rotatable bonds is 4. The topological polar surface area (TPSA) is 6.48 Å². The molecule has 0 aromatic heterocycles. The number of unbranched alkanes of at least 4 members (excludes halogenated alkanes) is 2. The van der Waals surface area contributed by atoms with Gasteiger partial charge in [-0.3, -0.25) is 4.31 Å². The van der Waals surface area contributed by atoms with Crippen molar-refractivity contribution in [2.75, 3.05) is 32.7 Å². The van der Waals surface area contributed by atoms with Crippen molar-refractivity contribution in [3.8, 4) is 12.3 Å². The fourth-order valence-electron chi connectivity index (χ4n) is 1.52. The second-order valence-corrected chi connectivity index (χ2v) is 4.02. The van der Waals surface area contributed by atoms with Gasteiger partial charge in [0.05, 0.1) is 0 Å². The summed E-state index contributed by atoms with van der Waals surface area (Å²) in [4.78, 5) is 2.49. The normalized spacial score (nSPS) is 20.0. The summed E-state index contributed by atoms with van der Waals surface area (Å²) in [7, 11) is 0. The molecule has 1 heterocycles. The van der Waals surface area contributed by atoms with E-state index in [0.717, 1.165) is 39.0 Å². The van der Waals surface area contributed by atoms with Gasteiger partial charge in [0.1, 0.15) is 0 Å². The van der Waals surface area contributed by atoms with E-state index in [1.165, 1.54) is 13.0 Å². The van der Waals surface area contributed by atoms with Crippen LogP contribution in [0.5, 0.6) is 0 Å². The van der Waals surface area contributed by atoms with Gasteiger partial charge in [-0.25, -0.2) is 0 Å². The molecular weight excluding hydrogens is 180 g/mol. The first-order valence-corrected chi connectivity index (χ1v) is 5.32. The first-order chi connectivity index (χ1) is 6.33. The average molecular weight is 198 g/mol. The highest BCUT2D eigenvalue weighted by atomic mass is 32.1. The van der Waals surface area contributed by atoms with Gasteiger partial charge in [-0.2, -0.15) is 0 Å². The van der Waals surface area contributed by atoms with Crippen molar-refractivity contribution < 1.29 is 0 Å². The molecule has 2 nitrogen and oxygen atoms in total. The molecule has 0 aromatic rings. The van der Waals surface area contributed by atoms with Crippen molar-refractivity contribution >= 4 is 12.8 Å². The van der Waals surface area contributed by atoms with Crippen LogP contribution in [0.3, 0.4) is 0 Å². The highest BCUT2D eigenvalue weighted by Crippen LogP contribution is 2.05. The van der Waals surface area contributed by atoms with Crippen molar-refractivity contribution in [3.05, 3.63) is 0 Å². The minimum absolute atomic E-state index is 0.923. The number of piperazine rings is 1. The average Bonchev–Trinajstić information content (AvgIpc) is 2.15. The monoisotopic (exact) mass is 198 g/mol. The molecule has 74 valence electrons. The van der Waals surface area contributed by atoms with Gasteiger partial charge < -0.3 is 4.90 Å². The van der Waals surface area contributed by atoms with Gasteiger partial charge in [0.15, 0.2) is 0 Å². The number of nitrogens with zero attached hydrogens (tertiary/aromatic N) is 2. The maximum absolute atomic E-state index is 5.19. The summed E-state index contributed by atoms with van der Waals surface area (Å²) in [5.74, 6) is 2.67.